The summed E-state index contributed by atoms with van der Waals surface area (Å²) >= 11 is 0. The molecule has 0 bridgehead atoms. The van der Waals surface area contributed by atoms with E-state index in [4.69, 9.17) is 9.47 Å². The van der Waals surface area contributed by atoms with Crippen LogP contribution in [0.2, 0.25) is 0 Å². The average molecular weight is 375 g/mol. The van der Waals surface area contributed by atoms with Crippen molar-refractivity contribution in [3.8, 4) is 5.88 Å². The van der Waals surface area contributed by atoms with Gasteiger partial charge in [-0.25, -0.2) is 9.78 Å². The Morgan fingerprint density at radius 2 is 2.00 bits per heavy atom. The van der Waals surface area contributed by atoms with Crippen LogP contribution in [0.4, 0.5) is 4.79 Å². The highest BCUT2D eigenvalue weighted by Gasteiger charge is 2.35. The first-order chi connectivity index (χ1) is 13.1. The summed E-state index contributed by atoms with van der Waals surface area (Å²) in [5.74, 6) is 1.52. The van der Waals surface area contributed by atoms with Crippen LogP contribution in [-0.4, -0.2) is 54.7 Å². The smallest absolute Gasteiger partial charge is 0.409 e. The topological polar surface area (TPSA) is 80.8 Å². The number of likely N-dealkylation sites (tertiary alicyclic amines) is 1. The molecule has 148 valence electrons. The zero-order valence-electron chi connectivity index (χ0n) is 16.1. The molecule has 2 fully saturated rings. The van der Waals surface area contributed by atoms with Crippen LogP contribution in [0, 0.1) is 11.8 Å². The van der Waals surface area contributed by atoms with E-state index in [0.717, 1.165) is 32.4 Å². The van der Waals surface area contributed by atoms with Crippen molar-refractivity contribution in [1.82, 2.24) is 15.2 Å². The van der Waals surface area contributed by atoms with E-state index in [1.807, 2.05) is 6.92 Å². The number of carbonyl (C=O) groups excluding carboxylic acids is 2. The molecule has 1 atom stereocenters. The van der Waals surface area contributed by atoms with E-state index in [0.29, 0.717) is 29.9 Å². The van der Waals surface area contributed by atoms with Crippen LogP contribution in [0.5, 0.6) is 5.88 Å². The fraction of sp³-hybridized carbons (Fsp3) is 0.650. The summed E-state index contributed by atoms with van der Waals surface area (Å²) in [7, 11) is 1.55. The zero-order valence-corrected chi connectivity index (χ0v) is 16.1. The number of nitrogens with one attached hydrogen (secondary N) is 1. The Morgan fingerprint density at radius 1 is 1.26 bits per heavy atom. The van der Waals surface area contributed by atoms with E-state index in [9.17, 15) is 9.59 Å². The molecule has 1 aliphatic carbocycles. The lowest BCUT2D eigenvalue weighted by Crippen LogP contribution is -2.42. The minimum absolute atomic E-state index is 0.0778. The van der Waals surface area contributed by atoms with Gasteiger partial charge in [0, 0.05) is 31.4 Å². The lowest BCUT2D eigenvalue weighted by molar-refractivity contribution is 0.0866. The molecule has 1 aromatic heterocycles. The normalized spacial score (nSPS) is 18.7. The number of amides is 2. The highest BCUT2D eigenvalue weighted by Crippen LogP contribution is 2.37. The Labute approximate surface area is 160 Å². The first-order valence-corrected chi connectivity index (χ1v) is 9.83. The summed E-state index contributed by atoms with van der Waals surface area (Å²) in [6, 6.07) is 3.63. The number of pyridine rings is 1. The number of hydrogen-bond donors (Lipinski definition) is 1. The predicted molar refractivity (Wildman–Crippen MR) is 101 cm³/mol. The number of hydrogen-bond acceptors (Lipinski definition) is 5. The van der Waals surface area contributed by atoms with Crippen molar-refractivity contribution in [3.05, 3.63) is 23.9 Å². The first kappa shape index (κ1) is 19.5. The quantitative estimate of drug-likeness (QED) is 0.793. The number of carbonyl (C=O) groups is 2. The van der Waals surface area contributed by atoms with Gasteiger partial charge in [0.05, 0.1) is 19.3 Å². The second-order valence-corrected chi connectivity index (χ2v) is 7.37. The van der Waals surface area contributed by atoms with Gasteiger partial charge in [0.25, 0.3) is 5.91 Å². The first-order valence-electron chi connectivity index (χ1n) is 9.83. The Balaban J connectivity index is 1.51. The second kappa shape index (κ2) is 9.06. The summed E-state index contributed by atoms with van der Waals surface area (Å²) in [6.07, 6.45) is 6.58. The fourth-order valence-electron chi connectivity index (χ4n) is 3.68. The average Bonchev–Trinajstić information content (AvgIpc) is 3.53. The second-order valence-electron chi connectivity index (χ2n) is 7.37. The molecule has 2 amide bonds. The van der Waals surface area contributed by atoms with Gasteiger partial charge < -0.3 is 19.7 Å². The lowest BCUT2D eigenvalue weighted by Gasteiger charge is -2.33. The van der Waals surface area contributed by atoms with Gasteiger partial charge in [0.15, 0.2) is 0 Å². The summed E-state index contributed by atoms with van der Waals surface area (Å²) in [4.78, 5) is 30.3. The van der Waals surface area contributed by atoms with E-state index in [1.54, 1.807) is 30.3 Å². The maximum atomic E-state index is 12.6. The predicted octanol–water partition coefficient (Wildman–Crippen LogP) is 2.86. The van der Waals surface area contributed by atoms with Crippen molar-refractivity contribution in [3.63, 3.8) is 0 Å². The summed E-state index contributed by atoms with van der Waals surface area (Å²) < 4.78 is 10.1. The van der Waals surface area contributed by atoms with Gasteiger partial charge in [-0.1, -0.05) is 0 Å². The maximum Gasteiger partial charge on any atom is 0.409 e. The highest BCUT2D eigenvalue weighted by molar-refractivity contribution is 5.94. The Hall–Kier alpha value is -2.31. The van der Waals surface area contributed by atoms with Gasteiger partial charge in [-0.2, -0.15) is 0 Å². The number of rotatable bonds is 7. The third-order valence-corrected chi connectivity index (χ3v) is 5.44. The summed E-state index contributed by atoms with van der Waals surface area (Å²) in [5.41, 5.74) is 0.554. The minimum atomic E-state index is -0.213. The minimum Gasteiger partial charge on any atom is -0.481 e. The molecule has 0 aromatic carbocycles. The van der Waals surface area contributed by atoms with Crippen molar-refractivity contribution in [2.45, 2.75) is 45.1 Å². The van der Waals surface area contributed by atoms with Crippen molar-refractivity contribution >= 4 is 12.0 Å². The lowest BCUT2D eigenvalue weighted by atomic mass is 9.88. The van der Waals surface area contributed by atoms with Crippen molar-refractivity contribution in [2.24, 2.45) is 11.8 Å². The van der Waals surface area contributed by atoms with E-state index in [-0.39, 0.29) is 18.0 Å². The van der Waals surface area contributed by atoms with Gasteiger partial charge >= 0.3 is 6.09 Å². The fourth-order valence-corrected chi connectivity index (χ4v) is 3.68. The summed E-state index contributed by atoms with van der Waals surface area (Å²) in [6.45, 7) is 3.70. The molecule has 7 heteroatoms. The van der Waals surface area contributed by atoms with Crippen LogP contribution in [0.15, 0.2) is 18.3 Å². The molecule has 1 unspecified atom stereocenters. The Bertz CT molecular complexity index is 637. The summed E-state index contributed by atoms with van der Waals surface area (Å²) in [5, 5.41) is 3.21. The van der Waals surface area contributed by atoms with Crippen LogP contribution >= 0.6 is 0 Å². The van der Waals surface area contributed by atoms with Crippen LogP contribution in [-0.2, 0) is 4.74 Å². The molecule has 1 aliphatic heterocycles. The van der Waals surface area contributed by atoms with E-state index >= 15 is 0 Å². The van der Waals surface area contributed by atoms with Gasteiger partial charge in [0.2, 0.25) is 5.88 Å². The van der Waals surface area contributed by atoms with E-state index in [2.05, 4.69) is 10.3 Å². The molecular weight excluding hydrogens is 346 g/mol. The molecule has 1 saturated heterocycles. The van der Waals surface area contributed by atoms with Gasteiger partial charge in [-0.05, 0) is 56.9 Å². The van der Waals surface area contributed by atoms with Crippen LogP contribution in [0.3, 0.4) is 0 Å². The van der Waals surface area contributed by atoms with Crippen LogP contribution < -0.4 is 10.1 Å². The molecule has 0 spiro atoms. The third kappa shape index (κ3) is 5.34. The van der Waals surface area contributed by atoms with Gasteiger partial charge in [0.1, 0.15) is 0 Å². The molecule has 2 aliphatic rings. The van der Waals surface area contributed by atoms with Crippen molar-refractivity contribution < 1.29 is 19.1 Å². The monoisotopic (exact) mass is 375 g/mol. The highest BCUT2D eigenvalue weighted by atomic mass is 16.6. The SMILES string of the molecule is CCOC(=O)N1CCC(CC(NC(=O)c2ccc(OC)nc2)C2CC2)CC1. The Kier molecular flexibility index (Phi) is 6.53. The number of aromatic nitrogens is 1. The molecule has 7 nitrogen and oxygen atoms in total. The molecule has 27 heavy (non-hydrogen) atoms. The van der Waals surface area contributed by atoms with Crippen LogP contribution in [0.25, 0.3) is 0 Å². The number of methoxy groups -OCH3 is 1. The maximum absolute atomic E-state index is 12.6. The Morgan fingerprint density at radius 3 is 2.56 bits per heavy atom. The molecule has 2 heterocycles. The van der Waals surface area contributed by atoms with Crippen molar-refractivity contribution in [2.75, 3.05) is 26.8 Å². The van der Waals surface area contributed by atoms with Crippen LogP contribution in [0.1, 0.15) is 49.4 Å². The van der Waals surface area contributed by atoms with Gasteiger partial charge in [-0.15, -0.1) is 0 Å². The standard InChI is InChI=1S/C20H29N3O4/c1-3-27-20(25)23-10-8-14(9-11-23)12-17(15-4-5-15)22-19(24)16-6-7-18(26-2)21-13-16/h6-7,13-15,17H,3-5,8-12H2,1-2H3,(H,22,24). The number of nitrogens with zero attached hydrogens (tertiary/aromatic N) is 2. The third-order valence-electron chi connectivity index (χ3n) is 5.44. The van der Waals surface area contributed by atoms with Gasteiger partial charge in [-0.3, -0.25) is 4.79 Å². The van der Waals surface area contributed by atoms with Crippen molar-refractivity contribution in [1.29, 1.82) is 0 Å². The largest absolute Gasteiger partial charge is 0.481 e. The molecule has 0 radical (unpaired) electrons. The number of ether oxygens (including phenoxy) is 2. The molecule has 1 aromatic rings. The van der Waals surface area contributed by atoms with E-state index < -0.39 is 0 Å². The molecule has 1 N–H and O–H groups in total. The molecule has 3 rings (SSSR count). The number of piperidine rings is 1. The molecule has 1 saturated carbocycles. The zero-order chi connectivity index (χ0) is 19.2. The molecular formula is C20H29N3O4. The van der Waals surface area contributed by atoms with E-state index in [1.165, 1.54) is 12.8 Å².